The molecule has 0 spiro atoms. The maximum atomic E-state index is 16.2. The van der Waals surface area contributed by atoms with E-state index in [0.717, 1.165) is 67.8 Å². The quantitative estimate of drug-likeness (QED) is 0.0219. The molecule has 0 saturated carbocycles. The van der Waals surface area contributed by atoms with Gasteiger partial charge in [-0.3, -0.25) is 0 Å². The van der Waals surface area contributed by atoms with Crippen molar-refractivity contribution in [2.75, 3.05) is 40.5 Å². The molecule has 0 amide bonds. The minimum Gasteiger partial charge on any atom is -0.493 e. The van der Waals surface area contributed by atoms with Crippen molar-refractivity contribution in [3.8, 4) is 45.3 Å². The van der Waals surface area contributed by atoms with Crippen molar-refractivity contribution in [2.24, 2.45) is 10.8 Å². The maximum Gasteiger partial charge on any atom is 0.496 e. The Labute approximate surface area is 614 Å². The van der Waals surface area contributed by atoms with Crippen LogP contribution in [0.3, 0.4) is 0 Å². The molecule has 3 aliphatic rings. The third-order valence-corrected chi connectivity index (χ3v) is 23.6. The fraction of sp³-hybridized carbons (Fsp3) is 0.553. The van der Waals surface area contributed by atoms with Crippen LogP contribution in [0.4, 0.5) is 8.78 Å². The van der Waals surface area contributed by atoms with Crippen molar-refractivity contribution in [3.05, 3.63) is 142 Å². The molecular formula is C85H111BF2I2O8. The third kappa shape index (κ3) is 15.8. The zero-order valence-corrected chi connectivity index (χ0v) is 67.9. The molecule has 10 rings (SSSR count). The summed E-state index contributed by atoms with van der Waals surface area (Å²) >= 11 is 4.67. The van der Waals surface area contributed by atoms with Gasteiger partial charge in [0.05, 0.1) is 38.2 Å². The Morgan fingerprint density at radius 2 is 0.847 bits per heavy atom. The highest BCUT2D eigenvalue weighted by Gasteiger charge is 2.55. The SMILES string of the molecule is COCOc1c(I)cc(C(C)(C)CC(C)(C)C)cc1-c1cc(F)cc(C)c1OCCCOc1c(C)cc(F)cc1-c1cc(C(C)(C)CC(C)(C)C)cc(I)c1OCOCCC1(C)OB(c2c3cc4c(cc3cc3cc5c(cc23)C(C)(C)CCC5(C)C)C(C)(C)CCC4(C)C)OC1(C)C. The molecule has 1 unspecified atom stereocenters. The van der Waals surface area contributed by atoms with Gasteiger partial charge in [-0.05, 0) is 288 Å². The van der Waals surface area contributed by atoms with E-state index in [1.807, 2.05) is 13.8 Å². The van der Waals surface area contributed by atoms with Crippen LogP contribution in [-0.2, 0) is 51.3 Å². The van der Waals surface area contributed by atoms with E-state index in [1.165, 1.54) is 62.0 Å². The predicted octanol–water partition coefficient (Wildman–Crippen LogP) is 23.1. The normalized spacial score (nSPS) is 18.8. The second-order valence-electron chi connectivity index (χ2n) is 36.0. The van der Waals surface area contributed by atoms with E-state index in [4.69, 9.17) is 37.7 Å². The molecule has 98 heavy (non-hydrogen) atoms. The molecule has 8 nitrogen and oxygen atoms in total. The van der Waals surface area contributed by atoms with Crippen LogP contribution in [0.1, 0.15) is 241 Å². The average Bonchev–Trinajstić information content (AvgIpc) is 1.25. The summed E-state index contributed by atoms with van der Waals surface area (Å²) in [5.41, 5.74) is 11.2. The van der Waals surface area contributed by atoms with E-state index in [2.05, 4.69) is 245 Å². The summed E-state index contributed by atoms with van der Waals surface area (Å²) in [6.07, 6.45) is 7.33. The lowest BCUT2D eigenvalue weighted by Gasteiger charge is -2.43. The molecule has 1 heterocycles. The number of aryl methyl sites for hydroxylation is 2. The number of ether oxygens (including phenoxy) is 6. The van der Waals surface area contributed by atoms with Crippen molar-refractivity contribution in [1.82, 2.24) is 0 Å². The molecule has 7 aromatic rings. The van der Waals surface area contributed by atoms with E-state index in [0.29, 0.717) is 70.3 Å². The van der Waals surface area contributed by atoms with E-state index >= 15 is 8.78 Å². The Morgan fingerprint density at radius 3 is 1.24 bits per heavy atom. The van der Waals surface area contributed by atoms with Crippen LogP contribution in [0.15, 0.2) is 78.9 Å². The maximum absolute atomic E-state index is 16.2. The van der Waals surface area contributed by atoms with Crippen LogP contribution in [0, 0.1) is 43.5 Å². The molecule has 0 aromatic heterocycles. The summed E-state index contributed by atoms with van der Waals surface area (Å²) in [6, 6.07) is 27.1. The minimum absolute atomic E-state index is 0.00827. The minimum atomic E-state index is -0.760. The molecule has 530 valence electrons. The Balaban J connectivity index is 0.918. The van der Waals surface area contributed by atoms with Gasteiger partial charge in [-0.15, -0.1) is 0 Å². The summed E-state index contributed by atoms with van der Waals surface area (Å²) in [5.74, 6) is 1.51. The highest BCUT2D eigenvalue weighted by atomic mass is 127. The summed E-state index contributed by atoms with van der Waals surface area (Å²) in [7, 11) is 0.941. The molecule has 0 radical (unpaired) electrons. The number of hydrogen-bond donors (Lipinski definition) is 0. The lowest BCUT2D eigenvalue weighted by molar-refractivity contribution is -0.0529. The van der Waals surface area contributed by atoms with Crippen LogP contribution in [0.25, 0.3) is 43.8 Å². The van der Waals surface area contributed by atoms with E-state index in [1.54, 1.807) is 13.2 Å². The molecule has 7 aromatic carbocycles. The average molecular weight is 1560 g/mol. The standard InChI is InChI=1S/C85H111BF2I2O8/c1-51-34-57(87)43-63(61-39-55(82(17,18)47-76(3,4)5)41-69(89)74(61)95-49-91-24)72(51)93-31-25-32-94-73-52(2)35-58(88)44-64(73)62-40-56(83(19,20)48-77(6,7)8)42-70(90)75(62)96-50-92-33-30-85(23)84(21,22)97-86(98-85)71-59-45-67-65(78(9,10)26-28-80(67,13)14)37-53(59)36-54-38-66-68(46-60(54)71)81(15,16)29-27-79(66,11)12/h34-46H,25-33,47-50H2,1-24H3. The van der Waals surface area contributed by atoms with Crippen LogP contribution in [-0.4, -0.2) is 58.8 Å². The molecular weight excluding hydrogens is 1450 g/mol. The Morgan fingerprint density at radius 1 is 0.459 bits per heavy atom. The van der Waals surface area contributed by atoms with Crippen LogP contribution in [0.5, 0.6) is 23.0 Å². The van der Waals surface area contributed by atoms with Crippen LogP contribution in [0.2, 0.25) is 0 Å². The first-order valence-electron chi connectivity index (χ1n) is 35.6. The number of rotatable bonds is 22. The second-order valence-corrected chi connectivity index (χ2v) is 38.3. The number of benzene rings is 7. The van der Waals surface area contributed by atoms with Gasteiger partial charge < -0.3 is 37.7 Å². The van der Waals surface area contributed by atoms with Gasteiger partial charge in [0.15, 0.2) is 13.6 Å². The van der Waals surface area contributed by atoms with Gasteiger partial charge in [0.25, 0.3) is 0 Å². The summed E-state index contributed by atoms with van der Waals surface area (Å²) in [5, 5.41) is 4.83. The van der Waals surface area contributed by atoms with Crippen LogP contribution >= 0.6 is 45.2 Å². The number of fused-ring (bicyclic) bond motifs is 4. The molecule has 0 bridgehead atoms. The van der Waals surface area contributed by atoms with Gasteiger partial charge >= 0.3 is 7.12 Å². The van der Waals surface area contributed by atoms with Crippen molar-refractivity contribution in [1.29, 1.82) is 0 Å². The fourth-order valence-electron chi connectivity index (χ4n) is 16.5. The number of methoxy groups -OCH3 is 1. The van der Waals surface area contributed by atoms with Gasteiger partial charge in [0, 0.05) is 42.2 Å². The first-order valence-corrected chi connectivity index (χ1v) is 37.8. The highest BCUT2D eigenvalue weighted by molar-refractivity contribution is 14.1. The third-order valence-electron chi connectivity index (χ3n) is 22.0. The van der Waals surface area contributed by atoms with E-state index in [9.17, 15) is 0 Å². The molecule has 1 atom stereocenters. The summed E-state index contributed by atoms with van der Waals surface area (Å²) < 4.78 is 86.9. The number of halogens is 4. The largest absolute Gasteiger partial charge is 0.496 e. The molecule has 1 fully saturated rings. The lowest BCUT2D eigenvalue weighted by Crippen LogP contribution is -2.45. The van der Waals surface area contributed by atoms with Crippen molar-refractivity contribution < 1.29 is 46.5 Å². The zero-order valence-electron chi connectivity index (χ0n) is 63.6. The zero-order chi connectivity index (χ0) is 72.1. The fourth-order valence-corrected chi connectivity index (χ4v) is 18.1. The molecule has 1 saturated heterocycles. The topological polar surface area (TPSA) is 73.8 Å². The Hall–Kier alpha value is -4.52. The van der Waals surface area contributed by atoms with Gasteiger partial charge in [0.1, 0.15) is 34.6 Å². The highest BCUT2D eigenvalue weighted by Crippen LogP contribution is 2.53. The van der Waals surface area contributed by atoms with Crippen molar-refractivity contribution >= 4 is 79.3 Å². The van der Waals surface area contributed by atoms with Crippen molar-refractivity contribution in [3.63, 3.8) is 0 Å². The van der Waals surface area contributed by atoms with Gasteiger partial charge in [-0.2, -0.15) is 0 Å². The Bertz CT molecular complexity index is 4070. The predicted molar refractivity (Wildman–Crippen MR) is 419 cm³/mol. The summed E-state index contributed by atoms with van der Waals surface area (Å²) in [4.78, 5) is 0. The second kappa shape index (κ2) is 27.6. The van der Waals surface area contributed by atoms with E-state index < -0.39 is 18.3 Å². The van der Waals surface area contributed by atoms with Gasteiger partial charge in [-0.25, -0.2) is 8.78 Å². The van der Waals surface area contributed by atoms with Crippen molar-refractivity contribution in [2.45, 2.75) is 254 Å². The van der Waals surface area contributed by atoms with Gasteiger partial charge in [0.2, 0.25) is 0 Å². The van der Waals surface area contributed by atoms with Gasteiger partial charge in [-0.1, -0.05) is 149 Å². The first kappa shape index (κ1) is 76.1. The monoisotopic (exact) mass is 1560 g/mol. The molecule has 13 heteroatoms. The number of hydrogen-bond acceptors (Lipinski definition) is 8. The van der Waals surface area contributed by atoms with Crippen LogP contribution < -0.4 is 24.4 Å². The molecule has 1 aliphatic heterocycles. The summed E-state index contributed by atoms with van der Waals surface area (Å²) in [6.45, 7) is 52.8. The van der Waals surface area contributed by atoms with E-state index in [-0.39, 0.29) is 81.8 Å². The molecule has 0 N–H and O–H groups in total. The molecule has 2 aliphatic carbocycles. The lowest BCUT2D eigenvalue weighted by atomic mass is 9.61. The Kier molecular flexibility index (Phi) is 21.4. The smallest absolute Gasteiger partial charge is 0.493 e. The first-order chi connectivity index (χ1) is 45.3.